The number of carbonyl (C=O) groups excluding carboxylic acids is 1. The summed E-state index contributed by atoms with van der Waals surface area (Å²) in [5.74, 6) is 0.208. The lowest BCUT2D eigenvalue weighted by Crippen LogP contribution is -2.37. The number of piperidine rings is 1. The highest BCUT2D eigenvalue weighted by Crippen LogP contribution is 2.26. The first-order valence-corrected chi connectivity index (χ1v) is 6.74. The Bertz CT molecular complexity index is 414. The predicted molar refractivity (Wildman–Crippen MR) is 73.1 cm³/mol. The topological polar surface area (TPSA) is 41.1 Å². The van der Waals surface area contributed by atoms with Crippen molar-refractivity contribution >= 4 is 27.5 Å². The summed E-state index contributed by atoms with van der Waals surface area (Å²) in [6.45, 7) is 3.83. The Labute approximate surface area is 110 Å². The van der Waals surface area contributed by atoms with Gasteiger partial charge in [0.2, 0.25) is 5.91 Å². The van der Waals surface area contributed by atoms with Crippen LogP contribution in [-0.4, -0.2) is 19.0 Å². The molecule has 0 aromatic heterocycles. The summed E-state index contributed by atoms with van der Waals surface area (Å²) in [6.07, 6.45) is 2.05. The Morgan fingerprint density at radius 3 is 3.06 bits per heavy atom. The van der Waals surface area contributed by atoms with Crippen LogP contribution in [0.4, 0.5) is 5.69 Å². The summed E-state index contributed by atoms with van der Waals surface area (Å²) >= 11 is 3.50. The zero-order valence-electron chi connectivity index (χ0n) is 9.92. The fourth-order valence-electron chi connectivity index (χ4n) is 2.05. The largest absolute Gasteiger partial charge is 0.325 e. The number of rotatable bonds is 2. The second kappa shape index (κ2) is 5.65. The Hall–Kier alpha value is -0.870. The van der Waals surface area contributed by atoms with Crippen LogP contribution in [0.2, 0.25) is 0 Å². The molecule has 0 aliphatic carbocycles. The van der Waals surface area contributed by atoms with Crippen LogP contribution in [0, 0.1) is 12.8 Å². The highest BCUT2D eigenvalue weighted by Gasteiger charge is 2.21. The van der Waals surface area contributed by atoms with Gasteiger partial charge in [-0.1, -0.05) is 12.1 Å². The average molecular weight is 297 g/mol. The van der Waals surface area contributed by atoms with E-state index in [0.29, 0.717) is 0 Å². The quantitative estimate of drug-likeness (QED) is 0.881. The molecule has 1 aliphatic rings. The lowest BCUT2D eigenvalue weighted by Gasteiger charge is -2.22. The third kappa shape index (κ3) is 3.07. The van der Waals surface area contributed by atoms with E-state index in [1.807, 2.05) is 25.1 Å². The molecule has 1 saturated heterocycles. The molecule has 1 aromatic carbocycles. The van der Waals surface area contributed by atoms with Crippen LogP contribution in [0.5, 0.6) is 0 Å². The first-order valence-electron chi connectivity index (χ1n) is 5.95. The molecule has 0 bridgehead atoms. The van der Waals surface area contributed by atoms with Crippen molar-refractivity contribution in [2.24, 2.45) is 5.92 Å². The van der Waals surface area contributed by atoms with E-state index in [9.17, 15) is 4.79 Å². The summed E-state index contributed by atoms with van der Waals surface area (Å²) < 4.78 is 0.970. The van der Waals surface area contributed by atoms with Crippen molar-refractivity contribution in [3.8, 4) is 0 Å². The van der Waals surface area contributed by atoms with Crippen molar-refractivity contribution in [1.29, 1.82) is 0 Å². The lowest BCUT2D eigenvalue weighted by atomic mass is 9.99. The van der Waals surface area contributed by atoms with Crippen LogP contribution in [0.3, 0.4) is 0 Å². The molecule has 1 amide bonds. The Balaban J connectivity index is 2.04. The van der Waals surface area contributed by atoms with Gasteiger partial charge in [0.05, 0.1) is 11.6 Å². The van der Waals surface area contributed by atoms with E-state index >= 15 is 0 Å². The molecule has 1 heterocycles. The van der Waals surface area contributed by atoms with Crippen molar-refractivity contribution in [2.75, 3.05) is 18.4 Å². The summed E-state index contributed by atoms with van der Waals surface area (Å²) in [4.78, 5) is 12.1. The summed E-state index contributed by atoms with van der Waals surface area (Å²) in [7, 11) is 0. The molecule has 0 spiro atoms. The lowest BCUT2D eigenvalue weighted by molar-refractivity contribution is -0.120. The van der Waals surface area contributed by atoms with Gasteiger partial charge < -0.3 is 10.6 Å². The molecule has 92 valence electrons. The van der Waals surface area contributed by atoms with Crippen molar-refractivity contribution < 1.29 is 4.79 Å². The average Bonchev–Trinajstić information content (AvgIpc) is 2.36. The number of amides is 1. The number of halogens is 1. The van der Waals surface area contributed by atoms with Gasteiger partial charge in [-0.15, -0.1) is 0 Å². The third-order valence-corrected chi connectivity index (χ3v) is 4.17. The molecule has 2 rings (SSSR count). The molecule has 1 aliphatic heterocycles. The van der Waals surface area contributed by atoms with Gasteiger partial charge in [0.15, 0.2) is 0 Å². The Morgan fingerprint density at radius 2 is 2.35 bits per heavy atom. The van der Waals surface area contributed by atoms with Gasteiger partial charge in [0, 0.05) is 11.0 Å². The summed E-state index contributed by atoms with van der Waals surface area (Å²) in [6, 6.07) is 5.89. The number of hydrogen-bond acceptors (Lipinski definition) is 2. The molecule has 3 nitrogen and oxygen atoms in total. The highest BCUT2D eigenvalue weighted by molar-refractivity contribution is 9.10. The second-order valence-electron chi connectivity index (χ2n) is 4.47. The molecule has 0 saturated carbocycles. The predicted octanol–water partition coefficient (Wildman–Crippen LogP) is 2.70. The van der Waals surface area contributed by atoms with E-state index < -0.39 is 0 Å². The van der Waals surface area contributed by atoms with Crippen LogP contribution < -0.4 is 10.6 Å². The molecule has 2 N–H and O–H groups in total. The van der Waals surface area contributed by atoms with E-state index in [4.69, 9.17) is 0 Å². The van der Waals surface area contributed by atoms with E-state index in [1.165, 1.54) is 0 Å². The Kier molecular flexibility index (Phi) is 4.18. The van der Waals surface area contributed by atoms with Crippen LogP contribution in [0.15, 0.2) is 22.7 Å². The van der Waals surface area contributed by atoms with Crippen molar-refractivity contribution in [3.63, 3.8) is 0 Å². The first-order chi connectivity index (χ1) is 8.18. The van der Waals surface area contributed by atoms with E-state index in [1.54, 1.807) is 0 Å². The maximum atomic E-state index is 12.1. The number of anilines is 1. The minimum atomic E-state index is 0.0937. The standard InChI is InChI=1S/C13H17BrN2O/c1-9-4-2-6-11(12(9)14)16-13(17)10-5-3-7-15-8-10/h2,4,6,10,15H,3,5,7-8H2,1H3,(H,16,17)/t10-/m1/s1. The number of aryl methyl sites for hydroxylation is 1. The Morgan fingerprint density at radius 1 is 1.53 bits per heavy atom. The second-order valence-corrected chi connectivity index (χ2v) is 5.26. The molecule has 0 unspecified atom stereocenters. The minimum Gasteiger partial charge on any atom is -0.325 e. The molecular formula is C13H17BrN2O. The van der Waals surface area contributed by atoms with Gasteiger partial charge in [-0.2, -0.15) is 0 Å². The van der Waals surface area contributed by atoms with Gasteiger partial charge in [-0.05, 0) is 53.9 Å². The van der Waals surface area contributed by atoms with Crippen LogP contribution >= 0.6 is 15.9 Å². The maximum absolute atomic E-state index is 12.1. The monoisotopic (exact) mass is 296 g/mol. The molecule has 0 radical (unpaired) electrons. The molecule has 4 heteroatoms. The fraction of sp³-hybridized carbons (Fsp3) is 0.462. The molecular weight excluding hydrogens is 280 g/mol. The number of nitrogens with one attached hydrogen (secondary N) is 2. The smallest absolute Gasteiger partial charge is 0.228 e. The normalized spacial score (nSPS) is 20.0. The van der Waals surface area contributed by atoms with Gasteiger partial charge in [-0.25, -0.2) is 0 Å². The van der Waals surface area contributed by atoms with Gasteiger partial charge >= 0.3 is 0 Å². The van der Waals surface area contributed by atoms with E-state index in [0.717, 1.165) is 41.7 Å². The molecule has 17 heavy (non-hydrogen) atoms. The molecule has 1 fully saturated rings. The maximum Gasteiger partial charge on any atom is 0.228 e. The number of benzene rings is 1. The van der Waals surface area contributed by atoms with Crippen molar-refractivity contribution in [2.45, 2.75) is 19.8 Å². The number of hydrogen-bond donors (Lipinski definition) is 2. The van der Waals surface area contributed by atoms with E-state index in [-0.39, 0.29) is 11.8 Å². The van der Waals surface area contributed by atoms with Crippen LogP contribution in [0.25, 0.3) is 0 Å². The third-order valence-electron chi connectivity index (χ3n) is 3.12. The first kappa shape index (κ1) is 12.6. The van der Waals surface area contributed by atoms with Gasteiger partial charge in [-0.3, -0.25) is 4.79 Å². The van der Waals surface area contributed by atoms with Gasteiger partial charge in [0.25, 0.3) is 0 Å². The zero-order valence-corrected chi connectivity index (χ0v) is 11.5. The van der Waals surface area contributed by atoms with Crippen LogP contribution in [0.1, 0.15) is 18.4 Å². The zero-order chi connectivity index (χ0) is 12.3. The highest BCUT2D eigenvalue weighted by atomic mass is 79.9. The molecule has 1 aromatic rings. The van der Waals surface area contributed by atoms with Crippen LogP contribution in [-0.2, 0) is 4.79 Å². The van der Waals surface area contributed by atoms with Gasteiger partial charge in [0.1, 0.15) is 0 Å². The SMILES string of the molecule is Cc1cccc(NC(=O)[C@@H]2CCCNC2)c1Br. The number of carbonyl (C=O) groups is 1. The van der Waals surface area contributed by atoms with E-state index in [2.05, 4.69) is 26.6 Å². The van der Waals surface area contributed by atoms with Crippen molar-refractivity contribution in [1.82, 2.24) is 5.32 Å². The summed E-state index contributed by atoms with van der Waals surface area (Å²) in [5.41, 5.74) is 1.99. The molecule has 1 atom stereocenters. The minimum absolute atomic E-state index is 0.0937. The van der Waals surface area contributed by atoms with Crippen molar-refractivity contribution in [3.05, 3.63) is 28.2 Å². The summed E-state index contributed by atoms with van der Waals surface area (Å²) in [5, 5.41) is 6.25. The fourth-order valence-corrected chi connectivity index (χ4v) is 2.42.